The number of allylic oxidation sites excluding steroid dienone is 4. The highest BCUT2D eigenvalue weighted by Crippen LogP contribution is 2.55. The molecule has 1 aliphatic heterocycles. The van der Waals surface area contributed by atoms with Crippen LogP contribution in [-0.4, -0.2) is 16.8 Å². The number of halogens is 2. The first-order chi connectivity index (χ1) is 11.7. The second-order valence-corrected chi connectivity index (χ2v) is 8.30. The van der Waals surface area contributed by atoms with Gasteiger partial charge in [-0.3, -0.25) is 0 Å². The lowest BCUT2D eigenvalue weighted by Crippen LogP contribution is -2.41. The lowest BCUT2D eigenvalue weighted by atomic mass is 9.55. The molecule has 0 radical (unpaired) electrons. The number of alkyl halides is 1. The molecule has 0 amide bonds. The van der Waals surface area contributed by atoms with Gasteiger partial charge in [0.1, 0.15) is 5.84 Å². The number of aliphatic imine (C=N–C) groups is 2. The Bertz CT molecular complexity index is 731. The van der Waals surface area contributed by atoms with Crippen molar-refractivity contribution in [2.24, 2.45) is 33.7 Å². The minimum Gasteiger partial charge on any atom is -0.335 e. The summed E-state index contributed by atoms with van der Waals surface area (Å²) in [4.78, 5) is 8.47. The van der Waals surface area contributed by atoms with E-state index in [1.54, 1.807) is 5.57 Å². The maximum atomic E-state index is 6.16. The third-order valence-corrected chi connectivity index (χ3v) is 6.81. The van der Waals surface area contributed by atoms with E-state index in [9.17, 15) is 0 Å². The van der Waals surface area contributed by atoms with Gasteiger partial charge in [0.15, 0.2) is 5.62 Å². The maximum absolute atomic E-state index is 6.16. The first-order valence-corrected chi connectivity index (χ1v) is 9.85. The zero-order chi connectivity index (χ0) is 16.3. The summed E-state index contributed by atoms with van der Waals surface area (Å²) >= 11 is 12.2. The van der Waals surface area contributed by atoms with Crippen molar-refractivity contribution in [2.45, 2.75) is 44.1 Å². The van der Waals surface area contributed by atoms with E-state index >= 15 is 0 Å². The Hall–Kier alpha value is -1.06. The van der Waals surface area contributed by atoms with Crippen LogP contribution in [0.2, 0.25) is 0 Å². The van der Waals surface area contributed by atoms with Gasteiger partial charge in [-0.15, -0.1) is 0 Å². The molecule has 1 heterocycles. The second kappa shape index (κ2) is 5.74. The number of amidine groups is 2. The molecule has 24 heavy (non-hydrogen) atoms. The van der Waals surface area contributed by atoms with Gasteiger partial charge in [0.2, 0.25) is 5.29 Å². The van der Waals surface area contributed by atoms with E-state index in [0.717, 1.165) is 42.3 Å². The molecule has 5 rings (SSSR count). The molecule has 5 unspecified atom stereocenters. The fourth-order valence-electron chi connectivity index (χ4n) is 5.53. The summed E-state index contributed by atoms with van der Waals surface area (Å²) in [6, 6.07) is 0. The van der Waals surface area contributed by atoms with Crippen LogP contribution in [0.5, 0.6) is 0 Å². The van der Waals surface area contributed by atoms with Crippen molar-refractivity contribution < 1.29 is 0 Å². The van der Waals surface area contributed by atoms with Crippen LogP contribution in [0.25, 0.3) is 0 Å². The zero-order valence-corrected chi connectivity index (χ0v) is 15.0. The summed E-state index contributed by atoms with van der Waals surface area (Å²) in [7, 11) is 0. The lowest BCUT2D eigenvalue weighted by molar-refractivity contribution is 0.185. The van der Waals surface area contributed by atoms with Crippen LogP contribution in [0.4, 0.5) is 0 Å². The molecule has 1 saturated carbocycles. The summed E-state index contributed by atoms with van der Waals surface area (Å²) in [6.07, 6.45) is 14.8. The van der Waals surface area contributed by atoms with Crippen molar-refractivity contribution in [1.82, 2.24) is 5.32 Å². The van der Waals surface area contributed by atoms with Gasteiger partial charge >= 0.3 is 0 Å². The Morgan fingerprint density at radius 1 is 1.17 bits per heavy atom. The summed E-state index contributed by atoms with van der Waals surface area (Å²) in [5.41, 5.74) is 3.96. The number of hydrogen-bond acceptors (Lipinski definition) is 3. The van der Waals surface area contributed by atoms with Crippen LogP contribution in [-0.2, 0) is 0 Å². The fraction of sp³-hybridized carbons (Fsp3) is 0.579. The Kier molecular flexibility index (Phi) is 3.64. The van der Waals surface area contributed by atoms with Crippen molar-refractivity contribution in [3.63, 3.8) is 0 Å². The number of nitrogens with zero attached hydrogens (tertiary/aromatic N) is 2. The number of hydrogen-bond donors (Lipinski definition) is 1. The van der Waals surface area contributed by atoms with Gasteiger partial charge in [-0.2, -0.15) is 0 Å². The van der Waals surface area contributed by atoms with E-state index in [1.807, 2.05) is 0 Å². The Labute approximate surface area is 152 Å². The van der Waals surface area contributed by atoms with Crippen molar-refractivity contribution >= 4 is 34.3 Å². The molecular formula is C19H21Cl2N3. The van der Waals surface area contributed by atoms with E-state index in [1.165, 1.54) is 36.8 Å². The third kappa shape index (κ3) is 2.32. The number of rotatable bonds is 1. The van der Waals surface area contributed by atoms with Gasteiger partial charge in [0.25, 0.3) is 0 Å². The molecule has 1 N–H and O–H groups in total. The van der Waals surface area contributed by atoms with Gasteiger partial charge < -0.3 is 5.32 Å². The predicted molar refractivity (Wildman–Crippen MR) is 99.4 cm³/mol. The highest BCUT2D eigenvalue weighted by Gasteiger charge is 2.45. The first-order valence-electron chi connectivity index (χ1n) is 9.04. The van der Waals surface area contributed by atoms with E-state index in [2.05, 4.69) is 33.5 Å². The summed E-state index contributed by atoms with van der Waals surface area (Å²) in [5.74, 6) is 3.88. The molecule has 0 saturated heterocycles. The molecule has 5 aliphatic rings. The summed E-state index contributed by atoms with van der Waals surface area (Å²) < 4.78 is 0. The molecule has 0 aromatic carbocycles. The minimum absolute atomic E-state index is 0.244. The van der Waals surface area contributed by atoms with Crippen LogP contribution < -0.4 is 5.32 Å². The molecule has 5 heteroatoms. The van der Waals surface area contributed by atoms with E-state index < -0.39 is 5.62 Å². The standard InChI is InChI=1S/C19H21Cl2N3/c20-18-22-17(23-19(21)24-18)14-9-7-12-5-4-10-2-1-3-11-6-8-13(14)16(12)15(10)11/h1-2,9-12,15,18H,3-8H2,(H,22,23,24). The zero-order valence-electron chi connectivity index (χ0n) is 13.5. The molecule has 0 aromatic rings. The molecule has 0 spiro atoms. The maximum Gasteiger partial charge on any atom is 0.222 e. The van der Waals surface area contributed by atoms with Crippen molar-refractivity contribution in [3.8, 4) is 0 Å². The van der Waals surface area contributed by atoms with Gasteiger partial charge in [-0.25, -0.2) is 9.98 Å². The van der Waals surface area contributed by atoms with Crippen molar-refractivity contribution in [3.05, 3.63) is 34.9 Å². The monoisotopic (exact) mass is 361 g/mol. The van der Waals surface area contributed by atoms with Crippen molar-refractivity contribution in [1.29, 1.82) is 0 Å². The van der Waals surface area contributed by atoms with E-state index in [4.69, 9.17) is 23.2 Å². The van der Waals surface area contributed by atoms with Gasteiger partial charge in [-0.05, 0) is 79.4 Å². The van der Waals surface area contributed by atoms with Gasteiger partial charge in [0.05, 0.1) is 0 Å². The molecular weight excluding hydrogens is 341 g/mol. The van der Waals surface area contributed by atoms with Crippen LogP contribution in [0.3, 0.4) is 0 Å². The molecule has 4 aliphatic carbocycles. The van der Waals surface area contributed by atoms with Crippen LogP contribution in [0, 0.1) is 23.7 Å². The van der Waals surface area contributed by atoms with E-state index in [0.29, 0.717) is 0 Å². The highest BCUT2D eigenvalue weighted by atomic mass is 35.5. The molecule has 126 valence electrons. The minimum atomic E-state index is -0.526. The molecule has 5 atom stereocenters. The highest BCUT2D eigenvalue weighted by molar-refractivity contribution is 6.66. The predicted octanol–water partition coefficient (Wildman–Crippen LogP) is 4.74. The normalized spacial score (nSPS) is 40.2. The lowest BCUT2D eigenvalue weighted by Gasteiger charge is -2.49. The summed E-state index contributed by atoms with van der Waals surface area (Å²) in [5, 5.41) is 3.44. The van der Waals surface area contributed by atoms with Gasteiger partial charge in [0, 0.05) is 5.57 Å². The summed E-state index contributed by atoms with van der Waals surface area (Å²) in [6.45, 7) is 0. The molecule has 0 aromatic heterocycles. The van der Waals surface area contributed by atoms with Crippen LogP contribution >= 0.6 is 23.2 Å². The second-order valence-electron chi connectivity index (χ2n) is 7.55. The quantitative estimate of drug-likeness (QED) is 0.408. The van der Waals surface area contributed by atoms with Crippen LogP contribution in [0.1, 0.15) is 38.5 Å². The largest absolute Gasteiger partial charge is 0.335 e. The van der Waals surface area contributed by atoms with Gasteiger partial charge in [-0.1, -0.05) is 35.4 Å². The van der Waals surface area contributed by atoms with E-state index in [-0.39, 0.29) is 5.29 Å². The first kappa shape index (κ1) is 15.2. The number of nitrogens with one attached hydrogen (secondary N) is 1. The average molecular weight is 362 g/mol. The third-order valence-electron chi connectivity index (χ3n) is 6.42. The smallest absolute Gasteiger partial charge is 0.222 e. The molecule has 1 fully saturated rings. The average Bonchev–Trinajstić information content (AvgIpc) is 2.58. The SMILES string of the molecule is ClC1=NC(Cl)NC(C2=CCC3CCC4C=CCC5CCC2=C3C45)=N1. The Balaban J connectivity index is 1.58. The molecule has 3 nitrogen and oxygen atoms in total. The van der Waals surface area contributed by atoms with Crippen molar-refractivity contribution in [2.75, 3.05) is 0 Å². The Morgan fingerprint density at radius 2 is 2.08 bits per heavy atom. The topological polar surface area (TPSA) is 36.8 Å². The fourth-order valence-corrected chi connectivity index (χ4v) is 5.96. The molecule has 0 bridgehead atoms. The van der Waals surface area contributed by atoms with Crippen LogP contribution in [0.15, 0.2) is 44.9 Å². The Morgan fingerprint density at radius 3 is 2.96 bits per heavy atom.